The van der Waals surface area contributed by atoms with Crippen LogP contribution in [0.2, 0.25) is 0 Å². The summed E-state index contributed by atoms with van der Waals surface area (Å²) in [5.74, 6) is 0. The van der Waals surface area contributed by atoms with Crippen molar-refractivity contribution in [2.45, 2.75) is 52.2 Å². The quantitative estimate of drug-likeness (QED) is 0.828. The molecule has 1 aromatic heterocycles. The number of nitrogens with zero attached hydrogens (tertiary/aromatic N) is 1. The zero-order valence-corrected chi connectivity index (χ0v) is 12.2. The fourth-order valence-electron chi connectivity index (χ4n) is 2.23. The SMILES string of the molecule is CC1(C)CCC(OCc2ccc(Br)cn2)CC1. The Labute approximate surface area is 112 Å². The molecule has 0 bridgehead atoms. The number of rotatable bonds is 3. The van der Waals surface area contributed by atoms with E-state index in [1.807, 2.05) is 18.3 Å². The summed E-state index contributed by atoms with van der Waals surface area (Å²) in [6.45, 7) is 5.33. The molecule has 0 amide bonds. The summed E-state index contributed by atoms with van der Waals surface area (Å²) < 4.78 is 6.94. The van der Waals surface area contributed by atoms with Crippen molar-refractivity contribution in [3.05, 3.63) is 28.5 Å². The topological polar surface area (TPSA) is 22.1 Å². The van der Waals surface area contributed by atoms with Gasteiger partial charge in [0, 0.05) is 10.7 Å². The van der Waals surface area contributed by atoms with Crippen molar-refractivity contribution in [3.63, 3.8) is 0 Å². The average Bonchev–Trinajstić information content (AvgIpc) is 2.30. The van der Waals surface area contributed by atoms with Crippen molar-refractivity contribution in [3.8, 4) is 0 Å². The van der Waals surface area contributed by atoms with Gasteiger partial charge in [-0.05, 0) is 59.2 Å². The van der Waals surface area contributed by atoms with Crippen LogP contribution in [0.25, 0.3) is 0 Å². The van der Waals surface area contributed by atoms with Gasteiger partial charge >= 0.3 is 0 Å². The molecule has 2 rings (SSSR count). The van der Waals surface area contributed by atoms with Crippen molar-refractivity contribution >= 4 is 15.9 Å². The minimum absolute atomic E-state index is 0.425. The van der Waals surface area contributed by atoms with E-state index in [0.29, 0.717) is 18.1 Å². The van der Waals surface area contributed by atoms with Gasteiger partial charge in [-0.1, -0.05) is 13.8 Å². The summed E-state index contributed by atoms with van der Waals surface area (Å²) in [6.07, 6.45) is 7.15. The molecule has 0 saturated heterocycles. The van der Waals surface area contributed by atoms with Crippen LogP contribution in [0.4, 0.5) is 0 Å². The first-order valence-corrected chi connectivity index (χ1v) is 7.06. The molecule has 0 spiro atoms. The Kier molecular flexibility index (Phi) is 4.21. The lowest BCUT2D eigenvalue weighted by molar-refractivity contribution is -0.00688. The van der Waals surface area contributed by atoms with Crippen molar-refractivity contribution in [2.24, 2.45) is 5.41 Å². The number of hydrogen-bond acceptors (Lipinski definition) is 2. The van der Waals surface area contributed by atoms with Crippen molar-refractivity contribution in [1.29, 1.82) is 0 Å². The monoisotopic (exact) mass is 297 g/mol. The highest BCUT2D eigenvalue weighted by Crippen LogP contribution is 2.36. The molecule has 0 aromatic carbocycles. The van der Waals surface area contributed by atoms with E-state index in [0.717, 1.165) is 10.2 Å². The summed E-state index contributed by atoms with van der Waals surface area (Å²) in [6, 6.07) is 4.02. The minimum Gasteiger partial charge on any atom is -0.372 e. The van der Waals surface area contributed by atoms with Crippen molar-refractivity contribution < 1.29 is 4.74 Å². The van der Waals surface area contributed by atoms with E-state index < -0.39 is 0 Å². The van der Waals surface area contributed by atoms with Crippen LogP contribution in [0.5, 0.6) is 0 Å². The molecule has 17 heavy (non-hydrogen) atoms. The number of pyridine rings is 1. The fourth-order valence-corrected chi connectivity index (χ4v) is 2.47. The summed E-state index contributed by atoms with van der Waals surface area (Å²) in [5.41, 5.74) is 1.52. The van der Waals surface area contributed by atoms with Crippen LogP contribution in [-0.4, -0.2) is 11.1 Å². The third-order valence-electron chi connectivity index (χ3n) is 3.54. The van der Waals surface area contributed by atoms with E-state index in [1.54, 1.807) is 0 Å². The predicted octanol–water partition coefficient (Wildman–Crippen LogP) is 4.33. The lowest BCUT2D eigenvalue weighted by Gasteiger charge is -2.34. The number of halogens is 1. The second kappa shape index (κ2) is 5.49. The van der Waals surface area contributed by atoms with Crippen LogP contribution in [-0.2, 0) is 11.3 Å². The van der Waals surface area contributed by atoms with Gasteiger partial charge in [0.25, 0.3) is 0 Å². The highest BCUT2D eigenvalue weighted by molar-refractivity contribution is 9.10. The Bertz CT molecular complexity index is 351. The Morgan fingerprint density at radius 2 is 2.06 bits per heavy atom. The van der Waals surface area contributed by atoms with E-state index in [-0.39, 0.29) is 0 Å². The standard InChI is InChI=1S/C14H20BrNO/c1-14(2)7-5-13(6-8-14)17-10-12-4-3-11(15)9-16-12/h3-4,9,13H,5-8,10H2,1-2H3. The van der Waals surface area contributed by atoms with Crippen LogP contribution in [0.1, 0.15) is 45.2 Å². The predicted molar refractivity (Wildman–Crippen MR) is 72.8 cm³/mol. The molecule has 0 unspecified atom stereocenters. The summed E-state index contributed by atoms with van der Waals surface area (Å²) >= 11 is 3.38. The molecule has 94 valence electrons. The lowest BCUT2D eigenvalue weighted by atomic mass is 9.76. The van der Waals surface area contributed by atoms with Gasteiger partial charge in [-0.3, -0.25) is 4.98 Å². The third kappa shape index (κ3) is 4.07. The van der Waals surface area contributed by atoms with E-state index in [9.17, 15) is 0 Å². The van der Waals surface area contributed by atoms with Gasteiger partial charge in [0.2, 0.25) is 0 Å². The van der Waals surface area contributed by atoms with Gasteiger partial charge in [-0.15, -0.1) is 0 Å². The van der Waals surface area contributed by atoms with E-state index in [4.69, 9.17) is 4.74 Å². The second-order valence-corrected chi connectivity index (χ2v) is 6.56. The normalized spacial score (nSPS) is 20.4. The molecule has 0 radical (unpaired) electrons. The van der Waals surface area contributed by atoms with Crippen LogP contribution >= 0.6 is 15.9 Å². The van der Waals surface area contributed by atoms with E-state index in [1.165, 1.54) is 25.7 Å². The molecule has 0 N–H and O–H groups in total. The molecule has 0 atom stereocenters. The molecule has 2 nitrogen and oxygen atoms in total. The highest BCUT2D eigenvalue weighted by atomic mass is 79.9. The molecule has 1 saturated carbocycles. The van der Waals surface area contributed by atoms with Gasteiger partial charge in [-0.2, -0.15) is 0 Å². The number of hydrogen-bond donors (Lipinski definition) is 0. The summed E-state index contributed by atoms with van der Waals surface area (Å²) in [4.78, 5) is 4.32. The Hall–Kier alpha value is -0.410. The van der Waals surface area contributed by atoms with Crippen LogP contribution in [0.15, 0.2) is 22.8 Å². The van der Waals surface area contributed by atoms with Crippen LogP contribution in [0, 0.1) is 5.41 Å². The van der Waals surface area contributed by atoms with Gasteiger partial charge in [-0.25, -0.2) is 0 Å². The molecule has 3 heteroatoms. The fraction of sp³-hybridized carbons (Fsp3) is 0.643. The van der Waals surface area contributed by atoms with Crippen molar-refractivity contribution in [1.82, 2.24) is 4.98 Å². The van der Waals surface area contributed by atoms with Crippen LogP contribution < -0.4 is 0 Å². The Balaban J connectivity index is 1.78. The first-order chi connectivity index (χ1) is 8.05. The summed E-state index contributed by atoms with van der Waals surface area (Å²) in [7, 11) is 0. The number of ether oxygens (including phenoxy) is 1. The molecule has 1 fully saturated rings. The van der Waals surface area contributed by atoms with Gasteiger partial charge < -0.3 is 4.74 Å². The molecule has 1 aromatic rings. The van der Waals surface area contributed by atoms with Gasteiger partial charge in [0.1, 0.15) is 0 Å². The maximum atomic E-state index is 5.92. The number of aromatic nitrogens is 1. The molecule has 0 aliphatic heterocycles. The van der Waals surface area contributed by atoms with Crippen molar-refractivity contribution in [2.75, 3.05) is 0 Å². The first-order valence-electron chi connectivity index (χ1n) is 6.27. The highest BCUT2D eigenvalue weighted by Gasteiger charge is 2.27. The molecule has 1 aliphatic carbocycles. The second-order valence-electron chi connectivity index (χ2n) is 5.64. The maximum absolute atomic E-state index is 5.92. The molecular weight excluding hydrogens is 278 g/mol. The lowest BCUT2D eigenvalue weighted by Crippen LogP contribution is -2.26. The van der Waals surface area contributed by atoms with Gasteiger partial charge in [0.05, 0.1) is 18.4 Å². The first kappa shape index (κ1) is 13.0. The average molecular weight is 298 g/mol. The third-order valence-corrected chi connectivity index (χ3v) is 4.01. The largest absolute Gasteiger partial charge is 0.372 e. The zero-order chi connectivity index (χ0) is 12.3. The molecule has 1 aliphatic rings. The minimum atomic E-state index is 0.425. The molecule has 1 heterocycles. The maximum Gasteiger partial charge on any atom is 0.0891 e. The van der Waals surface area contributed by atoms with E-state index in [2.05, 4.69) is 34.8 Å². The smallest absolute Gasteiger partial charge is 0.0891 e. The molecular formula is C14H20BrNO. The van der Waals surface area contributed by atoms with E-state index >= 15 is 0 Å². The van der Waals surface area contributed by atoms with Gasteiger partial charge in [0.15, 0.2) is 0 Å². The summed E-state index contributed by atoms with van der Waals surface area (Å²) in [5, 5.41) is 0. The Morgan fingerprint density at radius 1 is 1.35 bits per heavy atom. The Morgan fingerprint density at radius 3 is 2.65 bits per heavy atom. The van der Waals surface area contributed by atoms with Crippen LogP contribution in [0.3, 0.4) is 0 Å². The zero-order valence-electron chi connectivity index (χ0n) is 10.6.